The third-order valence-corrected chi connectivity index (χ3v) is 4.10. The SMILES string of the molecule is Cc1cccc(C(=O)NCC(=O)O[C@@H](C)c2nnc(-c3ccc([N+](=O)[O-])cc3)o2)c1. The second kappa shape index (κ2) is 8.95. The Labute approximate surface area is 171 Å². The van der Waals surface area contributed by atoms with Crippen LogP contribution in [-0.4, -0.2) is 33.5 Å². The Hall–Kier alpha value is -4.08. The molecular formula is C20H18N4O6. The summed E-state index contributed by atoms with van der Waals surface area (Å²) in [5.41, 5.74) is 1.80. The van der Waals surface area contributed by atoms with Gasteiger partial charge in [0.1, 0.15) is 6.54 Å². The Morgan fingerprint density at radius 2 is 1.93 bits per heavy atom. The number of non-ortho nitro benzene ring substituents is 1. The average Bonchev–Trinajstić information content (AvgIpc) is 3.22. The predicted octanol–water partition coefficient (Wildman–Crippen LogP) is 2.99. The zero-order chi connectivity index (χ0) is 21.7. The summed E-state index contributed by atoms with van der Waals surface area (Å²) in [7, 11) is 0. The van der Waals surface area contributed by atoms with E-state index in [1.807, 2.05) is 13.0 Å². The normalized spacial score (nSPS) is 11.5. The zero-order valence-corrected chi connectivity index (χ0v) is 16.2. The number of hydrogen-bond acceptors (Lipinski definition) is 8. The molecule has 0 aliphatic rings. The van der Waals surface area contributed by atoms with Crippen LogP contribution in [0.4, 0.5) is 5.69 Å². The van der Waals surface area contributed by atoms with Crippen LogP contribution >= 0.6 is 0 Å². The largest absolute Gasteiger partial charge is 0.451 e. The highest BCUT2D eigenvalue weighted by Crippen LogP contribution is 2.24. The highest BCUT2D eigenvalue weighted by atomic mass is 16.6. The van der Waals surface area contributed by atoms with Gasteiger partial charge in [-0.25, -0.2) is 0 Å². The molecule has 10 nitrogen and oxygen atoms in total. The first kappa shape index (κ1) is 20.6. The number of nitrogens with one attached hydrogen (secondary N) is 1. The molecule has 0 saturated heterocycles. The van der Waals surface area contributed by atoms with Crippen LogP contribution in [0.15, 0.2) is 52.9 Å². The molecule has 0 radical (unpaired) electrons. The van der Waals surface area contributed by atoms with Gasteiger partial charge in [0, 0.05) is 23.3 Å². The summed E-state index contributed by atoms with van der Waals surface area (Å²) in [6, 6.07) is 12.6. The second-order valence-corrected chi connectivity index (χ2v) is 6.43. The lowest BCUT2D eigenvalue weighted by molar-refractivity contribution is -0.384. The smallest absolute Gasteiger partial charge is 0.326 e. The molecule has 1 aromatic heterocycles. The molecule has 10 heteroatoms. The summed E-state index contributed by atoms with van der Waals surface area (Å²) in [5.74, 6) is -0.864. The van der Waals surface area contributed by atoms with Gasteiger partial charge in [-0.2, -0.15) is 0 Å². The standard InChI is InChI=1S/C20H18N4O6/c1-12-4-3-5-15(10-12)18(26)21-11-17(25)29-13(2)19-22-23-20(30-19)14-6-8-16(9-7-14)24(27)28/h3-10,13H,11H2,1-2H3,(H,21,26)/t13-/m0/s1. The van der Waals surface area contributed by atoms with Gasteiger partial charge in [0.2, 0.25) is 5.89 Å². The first-order valence-corrected chi connectivity index (χ1v) is 8.96. The van der Waals surface area contributed by atoms with Gasteiger partial charge in [-0.05, 0) is 38.1 Å². The van der Waals surface area contributed by atoms with Gasteiger partial charge in [0.05, 0.1) is 4.92 Å². The van der Waals surface area contributed by atoms with Crippen LogP contribution in [0.2, 0.25) is 0 Å². The second-order valence-electron chi connectivity index (χ2n) is 6.43. The van der Waals surface area contributed by atoms with Gasteiger partial charge < -0.3 is 14.5 Å². The van der Waals surface area contributed by atoms with Crippen LogP contribution < -0.4 is 5.32 Å². The molecule has 1 atom stereocenters. The number of rotatable bonds is 7. The van der Waals surface area contributed by atoms with Crippen LogP contribution in [0, 0.1) is 17.0 Å². The van der Waals surface area contributed by atoms with E-state index in [2.05, 4.69) is 15.5 Å². The highest BCUT2D eigenvalue weighted by molar-refractivity contribution is 5.96. The first-order chi connectivity index (χ1) is 14.3. The summed E-state index contributed by atoms with van der Waals surface area (Å²) in [6.45, 7) is 3.09. The number of aromatic nitrogens is 2. The maximum Gasteiger partial charge on any atom is 0.326 e. The molecule has 3 rings (SSSR count). The van der Waals surface area contributed by atoms with Crippen molar-refractivity contribution < 1.29 is 23.7 Å². The number of carbonyl (C=O) groups is 2. The number of benzene rings is 2. The molecule has 1 heterocycles. The fraction of sp³-hybridized carbons (Fsp3) is 0.200. The minimum Gasteiger partial charge on any atom is -0.451 e. The number of nitro benzene ring substituents is 1. The summed E-state index contributed by atoms with van der Waals surface area (Å²) in [5, 5.41) is 20.9. The molecule has 3 aromatic rings. The van der Waals surface area contributed by atoms with Crippen molar-refractivity contribution in [2.24, 2.45) is 0 Å². The molecule has 154 valence electrons. The number of nitrogens with zero attached hydrogens (tertiary/aromatic N) is 3. The lowest BCUT2D eigenvalue weighted by atomic mass is 10.1. The van der Waals surface area contributed by atoms with Crippen LogP contribution in [0.1, 0.15) is 34.8 Å². The summed E-state index contributed by atoms with van der Waals surface area (Å²) in [6.07, 6.45) is -0.840. The summed E-state index contributed by atoms with van der Waals surface area (Å²) >= 11 is 0. The van der Waals surface area contributed by atoms with Crippen LogP contribution in [-0.2, 0) is 9.53 Å². The molecule has 0 aliphatic heterocycles. The lowest BCUT2D eigenvalue weighted by Gasteiger charge is -2.10. The van der Waals surface area contributed by atoms with Gasteiger partial charge in [0.25, 0.3) is 17.5 Å². The Balaban J connectivity index is 1.55. The van der Waals surface area contributed by atoms with Gasteiger partial charge in [-0.15, -0.1) is 10.2 Å². The average molecular weight is 410 g/mol. The van der Waals surface area contributed by atoms with Crippen molar-refractivity contribution in [2.75, 3.05) is 6.54 Å². The van der Waals surface area contributed by atoms with E-state index in [0.29, 0.717) is 11.1 Å². The number of amides is 1. The van der Waals surface area contributed by atoms with Gasteiger partial charge in [-0.3, -0.25) is 19.7 Å². The quantitative estimate of drug-likeness (QED) is 0.356. The fourth-order valence-electron chi connectivity index (χ4n) is 2.57. The Morgan fingerprint density at radius 1 is 1.20 bits per heavy atom. The monoisotopic (exact) mass is 410 g/mol. The predicted molar refractivity (Wildman–Crippen MR) is 104 cm³/mol. The number of nitro groups is 1. The van der Waals surface area contributed by atoms with Crippen molar-refractivity contribution in [1.29, 1.82) is 0 Å². The van der Waals surface area contributed by atoms with Gasteiger partial charge in [-0.1, -0.05) is 17.7 Å². The molecule has 30 heavy (non-hydrogen) atoms. The van der Waals surface area contributed by atoms with E-state index in [9.17, 15) is 19.7 Å². The Morgan fingerprint density at radius 3 is 2.60 bits per heavy atom. The minimum absolute atomic E-state index is 0.0571. The molecule has 0 unspecified atom stereocenters. The molecule has 0 saturated carbocycles. The lowest BCUT2D eigenvalue weighted by Crippen LogP contribution is -2.31. The molecule has 1 amide bonds. The molecule has 0 spiro atoms. The number of esters is 1. The van der Waals surface area contributed by atoms with Crippen molar-refractivity contribution in [3.63, 3.8) is 0 Å². The highest BCUT2D eigenvalue weighted by Gasteiger charge is 2.20. The molecule has 1 N–H and O–H groups in total. The van der Waals surface area contributed by atoms with Crippen molar-refractivity contribution in [3.05, 3.63) is 75.7 Å². The van der Waals surface area contributed by atoms with E-state index in [1.165, 1.54) is 24.3 Å². The Bertz CT molecular complexity index is 1080. The van der Waals surface area contributed by atoms with E-state index in [4.69, 9.17) is 9.15 Å². The number of hydrogen-bond donors (Lipinski definition) is 1. The zero-order valence-electron chi connectivity index (χ0n) is 16.2. The van der Waals surface area contributed by atoms with Crippen LogP contribution in [0.25, 0.3) is 11.5 Å². The maximum atomic E-state index is 12.1. The van der Waals surface area contributed by atoms with E-state index >= 15 is 0 Å². The topological polar surface area (TPSA) is 137 Å². The molecular weight excluding hydrogens is 392 g/mol. The van der Waals surface area contributed by atoms with Crippen molar-refractivity contribution in [2.45, 2.75) is 20.0 Å². The molecule has 0 fully saturated rings. The van der Waals surface area contributed by atoms with Crippen LogP contribution in [0.5, 0.6) is 0 Å². The van der Waals surface area contributed by atoms with Gasteiger partial charge in [0.15, 0.2) is 6.10 Å². The summed E-state index contributed by atoms with van der Waals surface area (Å²) < 4.78 is 10.7. The maximum absolute atomic E-state index is 12.1. The number of carbonyl (C=O) groups excluding carboxylic acids is 2. The van der Waals surface area contributed by atoms with E-state index in [1.54, 1.807) is 25.1 Å². The van der Waals surface area contributed by atoms with Crippen LogP contribution in [0.3, 0.4) is 0 Å². The van der Waals surface area contributed by atoms with Crippen molar-refractivity contribution in [3.8, 4) is 11.5 Å². The van der Waals surface area contributed by atoms with Crippen molar-refractivity contribution >= 4 is 17.6 Å². The minimum atomic E-state index is -0.840. The third-order valence-electron chi connectivity index (χ3n) is 4.10. The fourth-order valence-corrected chi connectivity index (χ4v) is 2.57. The third kappa shape index (κ3) is 5.04. The van der Waals surface area contributed by atoms with Crippen molar-refractivity contribution in [1.82, 2.24) is 15.5 Å². The molecule has 2 aromatic carbocycles. The summed E-state index contributed by atoms with van der Waals surface area (Å²) in [4.78, 5) is 34.3. The molecule has 0 aliphatic carbocycles. The van der Waals surface area contributed by atoms with E-state index < -0.39 is 17.0 Å². The van der Waals surface area contributed by atoms with E-state index in [-0.39, 0.29) is 29.9 Å². The first-order valence-electron chi connectivity index (χ1n) is 8.96. The Kier molecular flexibility index (Phi) is 6.16. The van der Waals surface area contributed by atoms with E-state index in [0.717, 1.165) is 5.56 Å². The molecule has 0 bridgehead atoms. The number of aryl methyl sites for hydroxylation is 1. The number of ether oxygens (including phenoxy) is 1. The van der Waals surface area contributed by atoms with Gasteiger partial charge >= 0.3 is 5.97 Å².